The highest BCUT2D eigenvalue weighted by Crippen LogP contribution is 2.19. The monoisotopic (exact) mass is 338 g/mol. The van der Waals surface area contributed by atoms with E-state index in [1.807, 2.05) is 48.1 Å². The molecular formula is C18H18N4O3. The number of aryl methyl sites for hydroxylation is 1. The summed E-state index contributed by atoms with van der Waals surface area (Å²) in [6, 6.07) is 12.3. The minimum Gasteiger partial charge on any atom is -0.459 e. The van der Waals surface area contributed by atoms with Crippen molar-refractivity contribution in [1.82, 2.24) is 20.2 Å². The molecule has 25 heavy (non-hydrogen) atoms. The van der Waals surface area contributed by atoms with Gasteiger partial charge in [0.05, 0.1) is 12.8 Å². The third-order valence-corrected chi connectivity index (χ3v) is 3.71. The largest absolute Gasteiger partial charge is 0.459 e. The van der Waals surface area contributed by atoms with Gasteiger partial charge in [0, 0.05) is 19.4 Å². The molecule has 0 fully saturated rings. The fourth-order valence-electron chi connectivity index (χ4n) is 2.47. The Labute approximate surface area is 144 Å². The highest BCUT2D eigenvalue weighted by Gasteiger charge is 2.21. The smallest absolute Gasteiger partial charge is 0.287 e. The van der Waals surface area contributed by atoms with E-state index in [4.69, 9.17) is 4.42 Å². The van der Waals surface area contributed by atoms with Gasteiger partial charge in [-0.25, -0.2) is 4.98 Å². The Morgan fingerprint density at radius 2 is 2.00 bits per heavy atom. The maximum atomic E-state index is 12.3. The molecule has 2 heterocycles. The van der Waals surface area contributed by atoms with E-state index in [0.717, 1.165) is 5.56 Å². The molecule has 0 aliphatic carbocycles. The van der Waals surface area contributed by atoms with Gasteiger partial charge in [-0.15, -0.1) is 0 Å². The van der Waals surface area contributed by atoms with Crippen LogP contribution in [0.2, 0.25) is 0 Å². The molecule has 0 aliphatic heterocycles. The van der Waals surface area contributed by atoms with E-state index in [1.165, 1.54) is 12.3 Å². The third-order valence-electron chi connectivity index (χ3n) is 3.71. The maximum Gasteiger partial charge on any atom is 0.287 e. The van der Waals surface area contributed by atoms with Crippen molar-refractivity contribution in [2.75, 3.05) is 6.54 Å². The first-order chi connectivity index (χ1) is 12.1. The lowest BCUT2D eigenvalue weighted by Gasteiger charge is -2.19. The number of furan rings is 1. The molecule has 0 radical (unpaired) electrons. The molecule has 2 N–H and O–H groups in total. The highest BCUT2D eigenvalue weighted by molar-refractivity contribution is 5.94. The first kappa shape index (κ1) is 16.5. The molecular weight excluding hydrogens is 320 g/mol. The summed E-state index contributed by atoms with van der Waals surface area (Å²) < 4.78 is 6.84. The molecule has 128 valence electrons. The Kier molecular flexibility index (Phi) is 4.94. The van der Waals surface area contributed by atoms with Crippen LogP contribution >= 0.6 is 0 Å². The molecule has 7 nitrogen and oxygen atoms in total. The molecule has 3 rings (SSSR count). The first-order valence-electron chi connectivity index (χ1n) is 7.78. The molecule has 0 unspecified atom stereocenters. The van der Waals surface area contributed by atoms with Crippen LogP contribution in [0.4, 0.5) is 0 Å². The Morgan fingerprint density at radius 1 is 1.20 bits per heavy atom. The van der Waals surface area contributed by atoms with Crippen LogP contribution in [0.3, 0.4) is 0 Å². The predicted molar refractivity (Wildman–Crippen MR) is 90.7 cm³/mol. The molecule has 2 aromatic heterocycles. The summed E-state index contributed by atoms with van der Waals surface area (Å²) in [7, 11) is 1.86. The number of rotatable bonds is 6. The van der Waals surface area contributed by atoms with Gasteiger partial charge in [-0.05, 0) is 17.7 Å². The second kappa shape index (κ2) is 7.48. The number of carbonyl (C=O) groups excluding carboxylic acids is 2. The van der Waals surface area contributed by atoms with E-state index in [-0.39, 0.29) is 18.2 Å². The van der Waals surface area contributed by atoms with Crippen molar-refractivity contribution in [3.63, 3.8) is 0 Å². The third kappa shape index (κ3) is 3.95. The van der Waals surface area contributed by atoms with Gasteiger partial charge >= 0.3 is 0 Å². The van der Waals surface area contributed by atoms with Crippen molar-refractivity contribution in [1.29, 1.82) is 0 Å². The summed E-state index contributed by atoms with van der Waals surface area (Å²) in [5.41, 5.74) is 0.905. The summed E-state index contributed by atoms with van der Waals surface area (Å²) in [5, 5.41) is 5.44. The molecule has 7 heteroatoms. The Balaban J connectivity index is 1.69. The van der Waals surface area contributed by atoms with E-state index in [9.17, 15) is 9.59 Å². The van der Waals surface area contributed by atoms with Crippen molar-refractivity contribution in [3.8, 4) is 0 Å². The van der Waals surface area contributed by atoms with Gasteiger partial charge < -0.3 is 19.6 Å². The van der Waals surface area contributed by atoms with Crippen LogP contribution in [0.15, 0.2) is 65.5 Å². The Bertz CT molecular complexity index is 840. The number of amides is 2. The van der Waals surface area contributed by atoms with Crippen LogP contribution in [-0.4, -0.2) is 27.9 Å². The second-order valence-electron chi connectivity index (χ2n) is 5.47. The molecule has 3 aromatic rings. The lowest BCUT2D eigenvalue weighted by atomic mass is 10.1. The fourth-order valence-corrected chi connectivity index (χ4v) is 2.47. The molecule has 1 atom stereocenters. The molecule has 1 aromatic carbocycles. The Morgan fingerprint density at radius 3 is 2.64 bits per heavy atom. The van der Waals surface area contributed by atoms with E-state index in [1.54, 1.807) is 12.3 Å². The van der Waals surface area contributed by atoms with E-state index < -0.39 is 11.9 Å². The minimum absolute atomic E-state index is 0.159. The number of benzene rings is 1. The standard InChI is InChI=1S/C18H18N4O3/c1-22-10-9-19-17(22)16(13-6-3-2-4-7-13)21-15(23)12-20-18(24)14-8-5-11-25-14/h2-11,16H,12H2,1H3,(H,20,24)(H,21,23)/t16-/m0/s1. The highest BCUT2D eigenvalue weighted by atomic mass is 16.3. The van der Waals surface area contributed by atoms with Gasteiger partial charge in [0.15, 0.2) is 5.76 Å². The van der Waals surface area contributed by atoms with Crippen LogP contribution in [0.1, 0.15) is 28.0 Å². The number of nitrogens with one attached hydrogen (secondary N) is 2. The van der Waals surface area contributed by atoms with Crippen LogP contribution < -0.4 is 10.6 Å². The lowest BCUT2D eigenvalue weighted by Crippen LogP contribution is -2.39. The lowest BCUT2D eigenvalue weighted by molar-refractivity contribution is -0.120. The summed E-state index contributed by atoms with van der Waals surface area (Å²) in [6.45, 7) is -0.159. The van der Waals surface area contributed by atoms with E-state index >= 15 is 0 Å². The summed E-state index contributed by atoms with van der Waals surface area (Å²) in [5.74, 6) is 0.110. The zero-order chi connectivity index (χ0) is 17.6. The van der Waals surface area contributed by atoms with Crippen LogP contribution in [0, 0.1) is 0 Å². The molecule has 0 bridgehead atoms. The van der Waals surface area contributed by atoms with Gasteiger partial charge in [-0.3, -0.25) is 9.59 Å². The zero-order valence-electron chi connectivity index (χ0n) is 13.7. The number of hydrogen-bond acceptors (Lipinski definition) is 4. The topological polar surface area (TPSA) is 89.2 Å². The normalized spacial score (nSPS) is 11.7. The van der Waals surface area contributed by atoms with Crippen molar-refractivity contribution in [2.45, 2.75) is 6.04 Å². The van der Waals surface area contributed by atoms with Crippen LogP contribution in [0.5, 0.6) is 0 Å². The van der Waals surface area contributed by atoms with Crippen molar-refractivity contribution in [2.24, 2.45) is 7.05 Å². The molecule has 0 saturated heterocycles. The number of imidazole rings is 1. The first-order valence-corrected chi connectivity index (χ1v) is 7.78. The molecule has 0 spiro atoms. The fraction of sp³-hybridized carbons (Fsp3) is 0.167. The van der Waals surface area contributed by atoms with Crippen molar-refractivity contribution >= 4 is 11.8 Å². The van der Waals surface area contributed by atoms with Crippen molar-refractivity contribution in [3.05, 3.63) is 78.3 Å². The second-order valence-corrected chi connectivity index (χ2v) is 5.47. The Hall–Kier alpha value is -3.35. The average Bonchev–Trinajstić information content (AvgIpc) is 3.30. The summed E-state index contributed by atoms with van der Waals surface area (Å²) in [6.07, 6.45) is 4.90. The quantitative estimate of drug-likeness (QED) is 0.715. The number of hydrogen-bond donors (Lipinski definition) is 2. The zero-order valence-corrected chi connectivity index (χ0v) is 13.7. The number of carbonyl (C=O) groups is 2. The van der Waals surface area contributed by atoms with Gasteiger partial charge in [0.1, 0.15) is 11.9 Å². The predicted octanol–water partition coefficient (Wildman–Crippen LogP) is 1.65. The van der Waals surface area contributed by atoms with E-state index in [2.05, 4.69) is 15.6 Å². The van der Waals surface area contributed by atoms with Crippen LogP contribution in [0.25, 0.3) is 0 Å². The maximum absolute atomic E-state index is 12.3. The van der Waals surface area contributed by atoms with Gasteiger partial charge in [-0.2, -0.15) is 0 Å². The number of nitrogens with zero attached hydrogens (tertiary/aromatic N) is 2. The summed E-state index contributed by atoms with van der Waals surface area (Å²) >= 11 is 0. The SMILES string of the molecule is Cn1ccnc1[C@@H](NC(=O)CNC(=O)c1ccco1)c1ccccc1. The molecule has 0 saturated carbocycles. The summed E-state index contributed by atoms with van der Waals surface area (Å²) in [4.78, 5) is 28.5. The van der Waals surface area contributed by atoms with Crippen LogP contribution in [-0.2, 0) is 11.8 Å². The van der Waals surface area contributed by atoms with Gasteiger partial charge in [0.25, 0.3) is 5.91 Å². The minimum atomic E-state index is -0.437. The molecule has 2 amide bonds. The average molecular weight is 338 g/mol. The molecule has 0 aliphatic rings. The van der Waals surface area contributed by atoms with E-state index in [0.29, 0.717) is 5.82 Å². The van der Waals surface area contributed by atoms with Gasteiger partial charge in [-0.1, -0.05) is 30.3 Å². The van der Waals surface area contributed by atoms with Crippen molar-refractivity contribution < 1.29 is 14.0 Å². The van der Waals surface area contributed by atoms with Gasteiger partial charge in [0.2, 0.25) is 5.91 Å². The number of aromatic nitrogens is 2.